The molecule has 3 aromatic rings. The predicted molar refractivity (Wildman–Crippen MR) is 155 cm³/mol. The van der Waals surface area contributed by atoms with Crippen molar-refractivity contribution < 1.29 is 39.8 Å². The first kappa shape index (κ1) is 31.9. The highest BCUT2D eigenvalue weighted by molar-refractivity contribution is 7.87. The Morgan fingerprint density at radius 2 is 1.49 bits per heavy atom. The van der Waals surface area contributed by atoms with Crippen molar-refractivity contribution in [2.45, 2.75) is 55.2 Å². The Kier molecular flexibility index (Phi) is 10.7. The Labute approximate surface area is 241 Å². The highest BCUT2D eigenvalue weighted by atomic mass is 32.2. The summed E-state index contributed by atoms with van der Waals surface area (Å²) in [5.41, 5.74) is 2.49. The normalized spacial score (nSPS) is 13.5. The quantitative estimate of drug-likeness (QED) is 0.109. The van der Waals surface area contributed by atoms with Crippen molar-refractivity contribution in [1.29, 1.82) is 0 Å². The molecule has 11 heteroatoms. The van der Waals surface area contributed by atoms with Gasteiger partial charge in [-0.05, 0) is 90.8 Å². The van der Waals surface area contributed by atoms with E-state index >= 15 is 0 Å². The van der Waals surface area contributed by atoms with Gasteiger partial charge >= 0.3 is 16.1 Å². The van der Waals surface area contributed by atoms with Gasteiger partial charge in [0.25, 0.3) is 10.1 Å². The van der Waals surface area contributed by atoms with Gasteiger partial charge in [-0.2, -0.15) is 16.8 Å². The zero-order valence-corrected chi connectivity index (χ0v) is 24.9. The van der Waals surface area contributed by atoms with E-state index in [1.807, 2.05) is 13.8 Å². The molecule has 3 aromatic carbocycles. The molecule has 0 aliphatic rings. The lowest BCUT2D eigenvalue weighted by Crippen LogP contribution is -2.11. The monoisotopic (exact) mass is 602 g/mol. The SMILES string of the molecule is CCOC(=O)/C=C/c1ccc(OS(=O)(=O)c2ccc(C(CC)CC(C)c3ccc(S(=O)(=O)O)cc3)cc2)c(OC)c1. The first-order valence-corrected chi connectivity index (χ1v) is 15.9. The summed E-state index contributed by atoms with van der Waals surface area (Å²) in [7, 11) is -7.03. The van der Waals surface area contributed by atoms with Crippen LogP contribution in [0.2, 0.25) is 0 Å². The van der Waals surface area contributed by atoms with Gasteiger partial charge in [0.1, 0.15) is 4.90 Å². The molecule has 0 saturated carbocycles. The van der Waals surface area contributed by atoms with Gasteiger partial charge in [-0.15, -0.1) is 0 Å². The third-order valence-corrected chi connectivity index (χ3v) is 8.72. The number of benzene rings is 3. The molecular weight excluding hydrogens is 568 g/mol. The van der Waals surface area contributed by atoms with Gasteiger partial charge < -0.3 is 13.7 Å². The van der Waals surface area contributed by atoms with Crippen LogP contribution in [0.4, 0.5) is 0 Å². The second-order valence-corrected chi connectivity index (χ2v) is 12.4. The molecule has 220 valence electrons. The third-order valence-electron chi connectivity index (χ3n) is 6.60. The molecule has 1 N–H and O–H groups in total. The van der Waals surface area contributed by atoms with E-state index in [-0.39, 0.29) is 39.7 Å². The minimum atomic E-state index is -4.25. The first-order chi connectivity index (χ1) is 19.4. The molecule has 2 atom stereocenters. The number of hydrogen-bond acceptors (Lipinski definition) is 8. The fourth-order valence-corrected chi connectivity index (χ4v) is 5.77. The molecule has 3 rings (SSSR count). The van der Waals surface area contributed by atoms with E-state index in [2.05, 4.69) is 0 Å². The first-order valence-electron chi connectivity index (χ1n) is 13.0. The van der Waals surface area contributed by atoms with Crippen LogP contribution in [0, 0.1) is 0 Å². The molecule has 0 aromatic heterocycles. The average Bonchev–Trinajstić information content (AvgIpc) is 2.95. The van der Waals surface area contributed by atoms with Crippen molar-refractivity contribution in [2.75, 3.05) is 13.7 Å². The molecular formula is C30H34O9S2. The fraction of sp³-hybridized carbons (Fsp3) is 0.300. The lowest BCUT2D eigenvalue weighted by atomic mass is 9.85. The third kappa shape index (κ3) is 8.66. The molecule has 0 spiro atoms. The van der Waals surface area contributed by atoms with Gasteiger partial charge in [-0.25, -0.2) is 4.79 Å². The summed E-state index contributed by atoms with van der Waals surface area (Å²) >= 11 is 0. The van der Waals surface area contributed by atoms with Crippen LogP contribution in [-0.2, 0) is 29.8 Å². The molecule has 0 saturated heterocycles. The summed E-state index contributed by atoms with van der Waals surface area (Å²) in [5, 5.41) is 0. The van der Waals surface area contributed by atoms with Gasteiger partial charge in [0.15, 0.2) is 11.5 Å². The second-order valence-electron chi connectivity index (χ2n) is 9.39. The van der Waals surface area contributed by atoms with E-state index in [0.717, 1.165) is 24.0 Å². The predicted octanol–water partition coefficient (Wildman–Crippen LogP) is 5.97. The number of ether oxygens (including phenoxy) is 2. The number of rotatable bonds is 13. The van der Waals surface area contributed by atoms with Crippen molar-refractivity contribution >= 4 is 32.3 Å². The van der Waals surface area contributed by atoms with Crippen LogP contribution in [0.1, 0.15) is 62.1 Å². The maximum Gasteiger partial charge on any atom is 0.339 e. The molecule has 0 heterocycles. The average molecular weight is 603 g/mol. The van der Waals surface area contributed by atoms with Crippen molar-refractivity contribution in [3.8, 4) is 11.5 Å². The standard InChI is InChI=1S/C30H34O9S2/c1-5-23(19-21(3)24-9-13-26(14-10-24)40(32,33)34)25-11-15-27(16-12-25)41(35,36)39-28-17-7-22(20-29(28)37-4)8-18-30(31)38-6-2/h7-18,20-21,23H,5-6,19H2,1-4H3,(H,32,33,34)/b18-8+. The molecule has 2 unspecified atom stereocenters. The maximum atomic E-state index is 13.0. The largest absolute Gasteiger partial charge is 0.493 e. The van der Waals surface area contributed by atoms with E-state index in [1.165, 1.54) is 49.6 Å². The molecule has 9 nitrogen and oxygen atoms in total. The molecule has 41 heavy (non-hydrogen) atoms. The van der Waals surface area contributed by atoms with Gasteiger partial charge in [0, 0.05) is 6.08 Å². The van der Waals surface area contributed by atoms with Crippen molar-refractivity contribution in [2.24, 2.45) is 0 Å². The Balaban J connectivity index is 1.73. The minimum absolute atomic E-state index is 0.00476. The van der Waals surface area contributed by atoms with Gasteiger partial charge in [-0.3, -0.25) is 4.55 Å². The van der Waals surface area contributed by atoms with Crippen LogP contribution < -0.4 is 8.92 Å². The molecule has 0 bridgehead atoms. The Morgan fingerprint density at radius 1 is 0.878 bits per heavy atom. The fourth-order valence-electron chi connectivity index (χ4n) is 4.35. The zero-order chi connectivity index (χ0) is 30.2. The van der Waals surface area contributed by atoms with Gasteiger partial charge in [-0.1, -0.05) is 44.2 Å². The lowest BCUT2D eigenvalue weighted by molar-refractivity contribution is -0.137. The second kappa shape index (κ2) is 13.8. The van der Waals surface area contributed by atoms with Gasteiger partial charge in [0.05, 0.1) is 18.6 Å². The van der Waals surface area contributed by atoms with Crippen LogP contribution >= 0.6 is 0 Å². The number of carbonyl (C=O) groups excluding carboxylic acids is 1. The van der Waals surface area contributed by atoms with E-state index < -0.39 is 26.2 Å². The van der Waals surface area contributed by atoms with Crippen molar-refractivity contribution in [3.63, 3.8) is 0 Å². The summed E-state index contributed by atoms with van der Waals surface area (Å²) in [6.45, 7) is 6.04. The highest BCUT2D eigenvalue weighted by Crippen LogP contribution is 2.34. The number of esters is 1. The van der Waals surface area contributed by atoms with E-state index in [1.54, 1.807) is 43.3 Å². The summed E-state index contributed by atoms with van der Waals surface area (Å²) in [6.07, 6.45) is 4.35. The number of hydrogen-bond donors (Lipinski definition) is 1. The van der Waals surface area contributed by atoms with E-state index in [9.17, 15) is 26.2 Å². The Hall–Kier alpha value is -3.67. The van der Waals surface area contributed by atoms with Crippen molar-refractivity contribution in [3.05, 3.63) is 89.5 Å². The Morgan fingerprint density at radius 3 is 2.05 bits per heavy atom. The van der Waals surface area contributed by atoms with Gasteiger partial charge in [0.2, 0.25) is 0 Å². The van der Waals surface area contributed by atoms with Crippen LogP contribution in [0.25, 0.3) is 6.08 Å². The summed E-state index contributed by atoms with van der Waals surface area (Å²) < 4.78 is 73.4. The molecule has 0 amide bonds. The summed E-state index contributed by atoms with van der Waals surface area (Å²) in [6, 6.07) is 17.3. The lowest BCUT2D eigenvalue weighted by Gasteiger charge is -2.21. The Bertz CT molecular complexity index is 1580. The molecule has 0 fully saturated rings. The topological polar surface area (TPSA) is 133 Å². The number of carbonyl (C=O) groups is 1. The van der Waals surface area contributed by atoms with Crippen LogP contribution in [0.5, 0.6) is 11.5 Å². The van der Waals surface area contributed by atoms with E-state index in [4.69, 9.17) is 13.7 Å². The summed E-state index contributed by atoms with van der Waals surface area (Å²) in [5.74, 6) is -0.0955. The molecule has 0 aliphatic heterocycles. The zero-order valence-electron chi connectivity index (χ0n) is 23.3. The van der Waals surface area contributed by atoms with E-state index in [0.29, 0.717) is 5.56 Å². The number of methoxy groups -OCH3 is 1. The minimum Gasteiger partial charge on any atom is -0.493 e. The van der Waals surface area contributed by atoms with Crippen LogP contribution in [0.3, 0.4) is 0 Å². The van der Waals surface area contributed by atoms with Crippen LogP contribution in [-0.4, -0.2) is 41.1 Å². The summed E-state index contributed by atoms with van der Waals surface area (Å²) in [4.78, 5) is 11.4. The van der Waals surface area contributed by atoms with Crippen molar-refractivity contribution in [1.82, 2.24) is 0 Å². The maximum absolute atomic E-state index is 13.0. The smallest absolute Gasteiger partial charge is 0.339 e. The molecule has 0 aliphatic carbocycles. The molecule has 0 radical (unpaired) electrons. The van der Waals surface area contributed by atoms with Crippen LogP contribution in [0.15, 0.2) is 82.6 Å². The highest BCUT2D eigenvalue weighted by Gasteiger charge is 2.21.